The highest BCUT2D eigenvalue weighted by Crippen LogP contribution is 2.18. The Kier molecular flexibility index (Phi) is 4.87. The second-order valence-corrected chi connectivity index (χ2v) is 5.69. The fourth-order valence-electron chi connectivity index (χ4n) is 1.29. The lowest BCUT2D eigenvalue weighted by atomic mass is 10.2. The molecule has 0 spiro atoms. The van der Waals surface area contributed by atoms with Crippen LogP contribution in [0.4, 0.5) is 10.5 Å². The molecule has 0 aliphatic rings. The third-order valence-corrected chi connectivity index (χ3v) is 3.12. The fraction of sp³-hybridized carbons (Fsp3) is 0.200. The molecule has 1 rings (SSSR count). The summed E-state index contributed by atoms with van der Waals surface area (Å²) in [6.07, 6.45) is -0.845. The van der Waals surface area contributed by atoms with E-state index in [1.807, 2.05) is 0 Å². The van der Waals surface area contributed by atoms with Gasteiger partial charge in [-0.25, -0.2) is 18.4 Å². The molecule has 0 bridgehead atoms. The monoisotopic (exact) mass is 305 g/mol. The summed E-state index contributed by atoms with van der Waals surface area (Å²) < 4.78 is 22.4. The minimum atomic E-state index is -3.78. The fourth-order valence-corrected chi connectivity index (χ4v) is 2.09. The summed E-state index contributed by atoms with van der Waals surface area (Å²) >= 11 is 5.39. The average Bonchev–Trinajstić information content (AvgIpc) is 2.24. The van der Waals surface area contributed by atoms with Crippen molar-refractivity contribution in [3.05, 3.63) is 23.8 Å². The quantitative estimate of drug-likeness (QED) is 0.503. The van der Waals surface area contributed by atoms with E-state index in [4.69, 9.17) is 16.7 Å². The van der Waals surface area contributed by atoms with Crippen LogP contribution in [-0.4, -0.2) is 19.7 Å². The Morgan fingerprint density at radius 2 is 2.11 bits per heavy atom. The van der Waals surface area contributed by atoms with E-state index in [0.717, 1.165) is 0 Å². The number of hydrogen-bond acceptors (Lipinski definition) is 5. The van der Waals surface area contributed by atoms with Crippen molar-refractivity contribution in [2.45, 2.75) is 18.7 Å². The molecule has 0 fully saturated rings. The molecule has 0 aliphatic heterocycles. The maximum atomic E-state index is 11.3. The van der Waals surface area contributed by atoms with Crippen LogP contribution in [0.5, 0.6) is 0 Å². The van der Waals surface area contributed by atoms with Crippen LogP contribution < -0.4 is 10.5 Å². The van der Waals surface area contributed by atoms with Crippen LogP contribution in [0.15, 0.2) is 28.3 Å². The first kappa shape index (κ1) is 15.4. The standard InChI is InChI=1S/C10H12ClN3O4S/c1-6-5-8(3-4-9(6)19(12,16)17)13-10(15)18-14-7(2)11/h3-5H,1-2H3,(H,13,15)(H2,12,16,17)/b14-7-. The summed E-state index contributed by atoms with van der Waals surface area (Å²) in [5.41, 5.74) is 0.745. The molecular formula is C10H12ClN3O4S. The highest BCUT2D eigenvalue weighted by Gasteiger charge is 2.12. The summed E-state index contributed by atoms with van der Waals surface area (Å²) in [6.45, 7) is 3.00. The van der Waals surface area contributed by atoms with E-state index < -0.39 is 16.1 Å². The molecule has 1 amide bonds. The number of anilines is 1. The molecule has 0 aliphatic carbocycles. The van der Waals surface area contributed by atoms with Gasteiger partial charge in [0.05, 0.1) is 4.90 Å². The molecule has 0 aromatic heterocycles. The SMILES string of the molecule is C/C(Cl)=N/OC(=O)Nc1ccc(S(N)(=O)=O)c(C)c1. The predicted octanol–water partition coefficient (Wildman–Crippen LogP) is 1.76. The number of carbonyl (C=O) groups excluding carboxylic acids is 1. The van der Waals surface area contributed by atoms with E-state index in [2.05, 4.69) is 15.3 Å². The van der Waals surface area contributed by atoms with Crippen molar-refractivity contribution in [3.8, 4) is 0 Å². The van der Waals surface area contributed by atoms with Crippen LogP contribution >= 0.6 is 11.6 Å². The number of sulfonamides is 1. The Hall–Kier alpha value is -1.64. The van der Waals surface area contributed by atoms with Gasteiger partial charge < -0.3 is 0 Å². The number of carbonyl (C=O) groups is 1. The van der Waals surface area contributed by atoms with E-state index in [1.165, 1.54) is 25.1 Å². The van der Waals surface area contributed by atoms with Crippen molar-refractivity contribution in [2.75, 3.05) is 5.32 Å². The van der Waals surface area contributed by atoms with E-state index in [9.17, 15) is 13.2 Å². The molecule has 0 atom stereocenters. The number of amides is 1. The second kappa shape index (κ2) is 6.00. The first-order valence-corrected chi connectivity index (χ1v) is 6.94. The smallest absolute Gasteiger partial charge is 0.297 e. The molecule has 19 heavy (non-hydrogen) atoms. The third-order valence-electron chi connectivity index (χ3n) is 1.98. The van der Waals surface area contributed by atoms with Gasteiger partial charge in [-0.1, -0.05) is 16.8 Å². The summed E-state index contributed by atoms with van der Waals surface area (Å²) in [7, 11) is -3.78. The number of nitrogens with two attached hydrogens (primary N) is 1. The molecule has 0 radical (unpaired) electrons. The van der Waals surface area contributed by atoms with Crippen molar-refractivity contribution in [2.24, 2.45) is 10.3 Å². The number of halogens is 1. The molecule has 3 N–H and O–H groups in total. The molecule has 104 valence electrons. The molecule has 0 heterocycles. The van der Waals surface area contributed by atoms with Gasteiger partial charge in [0.1, 0.15) is 5.17 Å². The number of rotatable bonds is 3. The summed E-state index contributed by atoms with van der Waals surface area (Å²) in [5.74, 6) is 0. The molecule has 7 nitrogen and oxygen atoms in total. The minimum absolute atomic E-state index is 0.0129. The number of aryl methyl sites for hydroxylation is 1. The summed E-state index contributed by atoms with van der Waals surface area (Å²) in [4.78, 5) is 15.7. The zero-order valence-corrected chi connectivity index (χ0v) is 11.7. The van der Waals surface area contributed by atoms with Gasteiger partial charge in [-0.2, -0.15) is 0 Å². The zero-order valence-electron chi connectivity index (χ0n) is 10.2. The third kappa shape index (κ3) is 4.86. The van der Waals surface area contributed by atoms with Crippen LogP contribution in [0.25, 0.3) is 0 Å². The number of nitrogens with zero attached hydrogens (tertiary/aromatic N) is 1. The maximum Gasteiger partial charge on any atom is 0.437 e. The van der Waals surface area contributed by atoms with Crippen molar-refractivity contribution >= 4 is 38.6 Å². The first-order valence-electron chi connectivity index (χ1n) is 5.01. The molecule has 0 saturated heterocycles. The van der Waals surface area contributed by atoms with Gasteiger partial charge in [-0.3, -0.25) is 10.2 Å². The van der Waals surface area contributed by atoms with Crippen molar-refractivity contribution < 1.29 is 18.0 Å². The van der Waals surface area contributed by atoms with Gasteiger partial charge in [0.15, 0.2) is 0 Å². The van der Waals surface area contributed by atoms with Gasteiger partial charge >= 0.3 is 6.09 Å². The lowest BCUT2D eigenvalue weighted by Crippen LogP contribution is -2.15. The average molecular weight is 306 g/mol. The Bertz CT molecular complexity index is 624. The second-order valence-electron chi connectivity index (χ2n) is 3.62. The van der Waals surface area contributed by atoms with Crippen LogP contribution in [-0.2, 0) is 14.9 Å². The van der Waals surface area contributed by atoms with E-state index in [-0.39, 0.29) is 10.1 Å². The zero-order chi connectivity index (χ0) is 14.6. The highest BCUT2D eigenvalue weighted by atomic mass is 35.5. The van der Waals surface area contributed by atoms with Gasteiger partial charge in [0, 0.05) is 5.69 Å². The Labute approximate surface area is 115 Å². The number of hydrogen-bond donors (Lipinski definition) is 2. The molecule has 1 aromatic carbocycles. The highest BCUT2D eigenvalue weighted by molar-refractivity contribution is 7.89. The van der Waals surface area contributed by atoms with Crippen LogP contribution in [0, 0.1) is 6.92 Å². The number of oxime groups is 1. The number of benzene rings is 1. The van der Waals surface area contributed by atoms with Crippen molar-refractivity contribution in [3.63, 3.8) is 0 Å². The van der Waals surface area contributed by atoms with Crippen molar-refractivity contribution in [1.82, 2.24) is 0 Å². The van der Waals surface area contributed by atoms with Crippen LogP contribution in [0.1, 0.15) is 12.5 Å². The Balaban J connectivity index is 2.85. The van der Waals surface area contributed by atoms with Gasteiger partial charge in [-0.15, -0.1) is 0 Å². The van der Waals surface area contributed by atoms with E-state index in [0.29, 0.717) is 11.3 Å². The van der Waals surface area contributed by atoms with Crippen LogP contribution in [0.2, 0.25) is 0 Å². The lowest BCUT2D eigenvalue weighted by Gasteiger charge is -2.07. The molecule has 0 unspecified atom stereocenters. The summed E-state index contributed by atoms with van der Waals surface area (Å²) in [6, 6.07) is 4.11. The Morgan fingerprint density at radius 1 is 1.47 bits per heavy atom. The van der Waals surface area contributed by atoms with Gasteiger partial charge in [0.2, 0.25) is 10.0 Å². The predicted molar refractivity (Wildman–Crippen MR) is 71.6 cm³/mol. The largest absolute Gasteiger partial charge is 0.437 e. The summed E-state index contributed by atoms with van der Waals surface area (Å²) in [5, 5.41) is 10.7. The van der Waals surface area contributed by atoms with Crippen LogP contribution in [0.3, 0.4) is 0 Å². The molecule has 9 heteroatoms. The lowest BCUT2D eigenvalue weighted by molar-refractivity contribution is 0.167. The van der Waals surface area contributed by atoms with Gasteiger partial charge in [-0.05, 0) is 37.6 Å². The normalized spacial score (nSPS) is 12.1. The van der Waals surface area contributed by atoms with E-state index >= 15 is 0 Å². The molecule has 1 aromatic rings. The first-order chi connectivity index (χ1) is 8.70. The molecular weight excluding hydrogens is 294 g/mol. The van der Waals surface area contributed by atoms with E-state index in [1.54, 1.807) is 6.92 Å². The molecule has 0 saturated carbocycles. The van der Waals surface area contributed by atoms with Crippen molar-refractivity contribution in [1.29, 1.82) is 0 Å². The maximum absolute atomic E-state index is 11.3. The number of primary sulfonamides is 1. The topological polar surface area (TPSA) is 111 Å². The Morgan fingerprint density at radius 3 is 2.58 bits per heavy atom. The minimum Gasteiger partial charge on any atom is -0.297 e. The number of nitrogens with one attached hydrogen (secondary N) is 1. The van der Waals surface area contributed by atoms with Gasteiger partial charge in [0.25, 0.3) is 0 Å².